The minimum Gasteiger partial charge on any atom is -0.477 e. The number of aliphatic carboxylic acids is 1. The molecule has 3 rings (SSSR count). The van der Waals surface area contributed by atoms with E-state index in [1.807, 2.05) is 0 Å². The highest BCUT2D eigenvalue weighted by Crippen LogP contribution is 2.39. The van der Waals surface area contributed by atoms with Crippen molar-refractivity contribution in [3.8, 4) is 0 Å². The zero-order valence-electron chi connectivity index (χ0n) is 60.9. The maximum absolute atomic E-state index is 13.5. The Morgan fingerprint density at radius 2 is 0.888 bits per heavy atom. The Balaban J connectivity index is 1.46. The van der Waals surface area contributed by atoms with E-state index in [-0.39, 0.29) is 18.9 Å². The first-order valence-electron chi connectivity index (χ1n) is 39.4. The largest absolute Gasteiger partial charge is 0.477 e. The van der Waals surface area contributed by atoms with Crippen molar-refractivity contribution < 1.29 is 104 Å². The summed E-state index contributed by atoms with van der Waals surface area (Å²) in [5.41, 5.74) is 0. The molecule has 3 aliphatic rings. The van der Waals surface area contributed by atoms with Crippen molar-refractivity contribution in [1.29, 1.82) is 0 Å². The van der Waals surface area contributed by atoms with Gasteiger partial charge in [-0.15, -0.1) is 0 Å². The number of nitrogens with one attached hydrogen (secondary N) is 2. The van der Waals surface area contributed by atoms with Crippen LogP contribution >= 0.6 is 0 Å². The maximum atomic E-state index is 13.5. The van der Waals surface area contributed by atoms with Gasteiger partial charge in [0.15, 0.2) is 12.6 Å². The van der Waals surface area contributed by atoms with Gasteiger partial charge in [-0.2, -0.15) is 0 Å². The number of aliphatic hydroxyl groups excluding tert-OH is 11. The molecular formula is C75H142N2O21. The van der Waals surface area contributed by atoms with Gasteiger partial charge in [0.05, 0.1) is 50.7 Å². The molecule has 3 fully saturated rings. The molecule has 0 bridgehead atoms. The zero-order valence-corrected chi connectivity index (χ0v) is 60.9. The normalized spacial score (nSPS) is 27.2. The Morgan fingerprint density at radius 1 is 0.490 bits per heavy atom. The van der Waals surface area contributed by atoms with Crippen LogP contribution in [0.3, 0.4) is 0 Å². The molecule has 3 aliphatic heterocycles. The molecular weight excluding hydrogens is 1260 g/mol. The molecule has 0 aliphatic carbocycles. The summed E-state index contributed by atoms with van der Waals surface area (Å²) in [6, 6.07) is -2.52. The van der Waals surface area contributed by atoms with E-state index in [4.69, 9.17) is 28.4 Å². The second kappa shape index (κ2) is 55.3. The number of carbonyl (C=O) groups is 3. The van der Waals surface area contributed by atoms with Crippen LogP contribution in [0.4, 0.5) is 0 Å². The number of unbranched alkanes of at least 4 members (excludes halogenated alkanes) is 42. The number of carboxylic acid groups (broad SMARTS) is 1. The molecule has 18 unspecified atom stereocenters. The smallest absolute Gasteiger partial charge is 0.364 e. The van der Waals surface area contributed by atoms with Crippen LogP contribution in [-0.4, -0.2) is 215 Å². The molecule has 98 heavy (non-hydrogen) atoms. The number of carboxylic acids is 1. The van der Waals surface area contributed by atoms with Crippen molar-refractivity contribution >= 4 is 17.8 Å². The van der Waals surface area contributed by atoms with Gasteiger partial charge in [-0.1, -0.05) is 290 Å². The summed E-state index contributed by atoms with van der Waals surface area (Å²) in [4.78, 5) is 38.6. The monoisotopic (exact) mass is 1410 g/mol. The van der Waals surface area contributed by atoms with E-state index >= 15 is 0 Å². The molecule has 578 valence electrons. The van der Waals surface area contributed by atoms with Crippen molar-refractivity contribution in [1.82, 2.24) is 10.6 Å². The molecule has 2 amide bonds. The molecule has 3 saturated heterocycles. The standard InChI is InChI=1S/C75H142N2O21/c1-4-6-8-10-12-14-16-18-19-20-21-22-23-24-25-26-27-28-29-30-31-32-33-34-35-37-39-41-43-45-47-49-62(85)77-56(57(82)48-46-44-42-40-38-36-17-15-13-11-9-7-5-2)54-93-72-67(89)66(88)69(61(53-80)95-72)96-73-68(90)71(65(87)60(52-79)94-73)98-75(74(91)92)50-58(83)63(76-55(3)81)70(97-75)64(86)59(84)51-78/h56-61,63-73,78-80,82-84,86-90H,4-54H2,1-3H3,(H,76,81)(H,77,85)(H,91,92). The summed E-state index contributed by atoms with van der Waals surface area (Å²) in [7, 11) is 0. The van der Waals surface area contributed by atoms with E-state index in [0.717, 1.165) is 51.9 Å². The summed E-state index contributed by atoms with van der Waals surface area (Å²) in [6.45, 7) is 2.24. The predicted molar refractivity (Wildman–Crippen MR) is 375 cm³/mol. The Kier molecular flexibility index (Phi) is 50.7. The molecule has 0 aromatic rings. The third-order valence-electron chi connectivity index (χ3n) is 20.3. The second-order valence-corrected chi connectivity index (χ2v) is 28.9. The SMILES string of the molecule is CCCCCCCCCCCCCCCCCCCCCCCCCCCCCCCCCC(=O)NC(COC1OC(CO)C(OC2OC(CO)C(O)C(OC3(C(=O)O)CC(O)C(NC(C)=O)C(C(O)C(O)CO)O3)C2O)C(O)C1O)C(O)CCCCCCCCCCCCCCC. The number of carbonyl (C=O) groups excluding carboxylic acids is 2. The summed E-state index contributed by atoms with van der Waals surface area (Å²) < 4.78 is 34.9. The number of hydrogen-bond acceptors (Lipinski definition) is 20. The van der Waals surface area contributed by atoms with E-state index in [0.29, 0.717) is 19.3 Å². The number of hydrogen-bond donors (Lipinski definition) is 14. The average molecular weight is 1410 g/mol. The number of aliphatic hydroxyl groups is 11. The van der Waals surface area contributed by atoms with Crippen LogP contribution in [0.2, 0.25) is 0 Å². The van der Waals surface area contributed by atoms with Gasteiger partial charge < -0.3 is 100 Å². The van der Waals surface area contributed by atoms with Gasteiger partial charge in [0.25, 0.3) is 5.79 Å². The third kappa shape index (κ3) is 36.0. The van der Waals surface area contributed by atoms with Gasteiger partial charge in [0.1, 0.15) is 67.1 Å². The summed E-state index contributed by atoms with van der Waals surface area (Å²) in [6.07, 6.45) is 27.0. The quantitative estimate of drug-likeness (QED) is 0.0252. The molecule has 14 N–H and O–H groups in total. The molecule has 18 atom stereocenters. The van der Waals surface area contributed by atoms with E-state index < -0.39 is 148 Å². The zero-order chi connectivity index (χ0) is 71.8. The van der Waals surface area contributed by atoms with Crippen molar-refractivity contribution in [2.24, 2.45) is 0 Å². The van der Waals surface area contributed by atoms with Crippen molar-refractivity contribution in [2.75, 3.05) is 26.4 Å². The van der Waals surface area contributed by atoms with Crippen LogP contribution in [0.1, 0.15) is 323 Å². The Hall–Kier alpha value is -2.27. The van der Waals surface area contributed by atoms with Crippen LogP contribution in [0.5, 0.6) is 0 Å². The molecule has 0 aromatic heterocycles. The molecule has 0 aromatic carbocycles. The Morgan fingerprint density at radius 3 is 1.28 bits per heavy atom. The third-order valence-corrected chi connectivity index (χ3v) is 20.3. The van der Waals surface area contributed by atoms with E-state index in [9.17, 15) is 75.7 Å². The molecule has 0 spiro atoms. The first kappa shape index (κ1) is 89.9. The lowest BCUT2D eigenvalue weighted by molar-refractivity contribution is -0.386. The minimum absolute atomic E-state index is 0.229. The highest BCUT2D eigenvalue weighted by atomic mass is 16.8. The Labute approximate surface area is 589 Å². The van der Waals surface area contributed by atoms with Gasteiger partial charge in [0.2, 0.25) is 11.8 Å². The van der Waals surface area contributed by atoms with E-state index in [1.165, 1.54) is 225 Å². The van der Waals surface area contributed by atoms with Gasteiger partial charge in [-0.05, 0) is 12.8 Å². The first-order valence-corrected chi connectivity index (χ1v) is 39.4. The molecule has 3 heterocycles. The van der Waals surface area contributed by atoms with Crippen LogP contribution in [-0.2, 0) is 42.8 Å². The summed E-state index contributed by atoms with van der Waals surface area (Å²) in [5.74, 6) is -6.09. The second-order valence-electron chi connectivity index (χ2n) is 28.9. The van der Waals surface area contributed by atoms with Crippen molar-refractivity contribution in [3.63, 3.8) is 0 Å². The fourth-order valence-electron chi connectivity index (χ4n) is 14.1. The average Bonchev–Trinajstić information content (AvgIpc) is 0.757. The van der Waals surface area contributed by atoms with Crippen molar-refractivity contribution in [3.05, 3.63) is 0 Å². The lowest BCUT2D eigenvalue weighted by atomic mass is 9.88. The lowest BCUT2D eigenvalue weighted by Gasteiger charge is -2.50. The number of amides is 2. The van der Waals surface area contributed by atoms with Gasteiger partial charge in [-0.3, -0.25) is 9.59 Å². The van der Waals surface area contributed by atoms with E-state index in [2.05, 4.69) is 24.5 Å². The minimum atomic E-state index is -3.08. The van der Waals surface area contributed by atoms with Gasteiger partial charge >= 0.3 is 5.97 Å². The predicted octanol–water partition coefficient (Wildman–Crippen LogP) is 9.63. The highest BCUT2D eigenvalue weighted by Gasteiger charge is 2.60. The highest BCUT2D eigenvalue weighted by molar-refractivity contribution is 5.77. The van der Waals surface area contributed by atoms with Crippen molar-refractivity contribution in [2.45, 2.75) is 432 Å². The first-order chi connectivity index (χ1) is 47.4. The van der Waals surface area contributed by atoms with Crippen LogP contribution in [0, 0.1) is 0 Å². The maximum Gasteiger partial charge on any atom is 0.364 e. The molecule has 0 radical (unpaired) electrons. The summed E-state index contributed by atoms with van der Waals surface area (Å²) in [5, 5.41) is 136. The summed E-state index contributed by atoms with van der Waals surface area (Å²) >= 11 is 0. The number of rotatable bonds is 62. The topological polar surface area (TPSA) is 373 Å². The van der Waals surface area contributed by atoms with Crippen LogP contribution in [0.15, 0.2) is 0 Å². The Bertz CT molecular complexity index is 1970. The number of ether oxygens (including phenoxy) is 6. The fourth-order valence-corrected chi connectivity index (χ4v) is 14.1. The van der Waals surface area contributed by atoms with Crippen LogP contribution in [0.25, 0.3) is 0 Å². The fraction of sp³-hybridized carbons (Fsp3) is 0.960. The van der Waals surface area contributed by atoms with Crippen LogP contribution < -0.4 is 10.6 Å². The molecule has 0 saturated carbocycles. The lowest BCUT2D eigenvalue weighted by Crippen LogP contribution is -2.70. The van der Waals surface area contributed by atoms with Gasteiger partial charge in [0, 0.05) is 19.8 Å². The van der Waals surface area contributed by atoms with E-state index in [1.54, 1.807) is 0 Å². The molecule has 23 nitrogen and oxygen atoms in total. The van der Waals surface area contributed by atoms with Gasteiger partial charge in [-0.25, -0.2) is 4.79 Å². The molecule has 23 heteroatoms.